The highest BCUT2D eigenvalue weighted by molar-refractivity contribution is 5.56. The van der Waals surface area contributed by atoms with Gasteiger partial charge in [-0.15, -0.1) is 10.2 Å². The van der Waals surface area contributed by atoms with E-state index in [0.717, 1.165) is 25.2 Å². The summed E-state index contributed by atoms with van der Waals surface area (Å²) in [4.78, 5) is 0. The molecule has 0 spiro atoms. The first-order valence-electron chi connectivity index (χ1n) is 5.92. The highest BCUT2D eigenvalue weighted by atomic mass is 19.1. The van der Waals surface area contributed by atoms with E-state index >= 15 is 0 Å². The summed E-state index contributed by atoms with van der Waals surface area (Å²) in [7, 11) is 0. The smallest absolute Gasteiger partial charge is 0.166 e. The van der Waals surface area contributed by atoms with Crippen molar-refractivity contribution in [2.24, 2.45) is 5.92 Å². The van der Waals surface area contributed by atoms with Gasteiger partial charge in [-0.25, -0.2) is 4.39 Å². The van der Waals surface area contributed by atoms with Gasteiger partial charge in [0.05, 0.1) is 5.56 Å². The van der Waals surface area contributed by atoms with Gasteiger partial charge in [-0.2, -0.15) is 0 Å². The van der Waals surface area contributed by atoms with Crippen LogP contribution in [0.2, 0.25) is 0 Å². The molecule has 0 bridgehead atoms. The molecule has 4 heteroatoms. The normalized spacial score (nSPS) is 19.1. The van der Waals surface area contributed by atoms with E-state index in [-0.39, 0.29) is 5.82 Å². The average molecular weight is 231 g/mol. The van der Waals surface area contributed by atoms with Crippen LogP contribution in [0.4, 0.5) is 4.39 Å². The molecule has 1 atom stereocenters. The maximum absolute atomic E-state index is 13.7. The van der Waals surface area contributed by atoms with E-state index in [1.165, 1.54) is 6.07 Å². The number of rotatable bonds is 1. The van der Waals surface area contributed by atoms with Crippen molar-refractivity contribution < 1.29 is 4.39 Å². The molecule has 3 rings (SSSR count). The summed E-state index contributed by atoms with van der Waals surface area (Å²) in [6.45, 7) is 3.09. The highest BCUT2D eigenvalue weighted by Gasteiger charge is 2.22. The topological polar surface area (TPSA) is 30.7 Å². The number of benzene rings is 1. The quantitative estimate of drug-likeness (QED) is 0.755. The third-order valence-electron chi connectivity index (χ3n) is 3.32. The van der Waals surface area contributed by atoms with E-state index in [0.29, 0.717) is 17.3 Å². The molecule has 0 saturated carbocycles. The molecule has 0 N–H and O–H groups in total. The molecule has 2 aromatic rings. The lowest BCUT2D eigenvalue weighted by molar-refractivity contribution is 0.411. The number of fused-ring (bicyclic) bond motifs is 1. The SMILES string of the molecule is CC1CCn2c(nnc2-c2ccccc2F)C1. The summed E-state index contributed by atoms with van der Waals surface area (Å²) in [5.41, 5.74) is 0.542. The zero-order valence-corrected chi connectivity index (χ0v) is 9.73. The molecule has 0 aliphatic carbocycles. The van der Waals surface area contributed by atoms with Crippen LogP contribution in [0.1, 0.15) is 19.2 Å². The lowest BCUT2D eigenvalue weighted by Crippen LogP contribution is -2.18. The van der Waals surface area contributed by atoms with Gasteiger partial charge in [0.15, 0.2) is 5.82 Å². The summed E-state index contributed by atoms with van der Waals surface area (Å²) >= 11 is 0. The van der Waals surface area contributed by atoms with E-state index < -0.39 is 0 Å². The Labute approximate surface area is 99.3 Å². The second-order valence-electron chi connectivity index (χ2n) is 4.67. The van der Waals surface area contributed by atoms with Crippen molar-refractivity contribution in [1.29, 1.82) is 0 Å². The fourth-order valence-corrected chi connectivity index (χ4v) is 2.33. The third kappa shape index (κ3) is 1.73. The second-order valence-corrected chi connectivity index (χ2v) is 4.67. The Hall–Kier alpha value is -1.71. The first-order valence-corrected chi connectivity index (χ1v) is 5.92. The van der Waals surface area contributed by atoms with Gasteiger partial charge in [0.25, 0.3) is 0 Å². The first kappa shape index (κ1) is 10.4. The number of aromatic nitrogens is 3. The number of halogens is 1. The largest absolute Gasteiger partial charge is 0.311 e. The molecule has 2 heterocycles. The monoisotopic (exact) mass is 231 g/mol. The molecule has 88 valence electrons. The van der Waals surface area contributed by atoms with Gasteiger partial charge in [-0.1, -0.05) is 19.1 Å². The number of nitrogens with zero attached hydrogens (tertiary/aromatic N) is 3. The van der Waals surface area contributed by atoms with Gasteiger partial charge >= 0.3 is 0 Å². The Bertz CT molecular complexity index is 547. The van der Waals surface area contributed by atoms with Crippen molar-refractivity contribution in [1.82, 2.24) is 14.8 Å². The fourth-order valence-electron chi connectivity index (χ4n) is 2.33. The maximum Gasteiger partial charge on any atom is 0.166 e. The Balaban J connectivity index is 2.09. The van der Waals surface area contributed by atoms with Crippen molar-refractivity contribution in [2.75, 3.05) is 0 Å². The molecule has 0 amide bonds. The minimum absolute atomic E-state index is 0.235. The lowest BCUT2D eigenvalue weighted by Gasteiger charge is -2.20. The van der Waals surface area contributed by atoms with Crippen molar-refractivity contribution in [3.05, 3.63) is 35.9 Å². The van der Waals surface area contributed by atoms with Crippen LogP contribution in [0.15, 0.2) is 24.3 Å². The zero-order chi connectivity index (χ0) is 11.8. The summed E-state index contributed by atoms with van der Waals surface area (Å²) < 4.78 is 15.8. The zero-order valence-electron chi connectivity index (χ0n) is 9.73. The third-order valence-corrected chi connectivity index (χ3v) is 3.32. The molecular formula is C13H14FN3. The minimum Gasteiger partial charge on any atom is -0.311 e. The van der Waals surface area contributed by atoms with Crippen LogP contribution in [0.25, 0.3) is 11.4 Å². The Kier molecular flexibility index (Phi) is 2.42. The summed E-state index contributed by atoms with van der Waals surface area (Å²) in [6, 6.07) is 6.73. The predicted octanol–water partition coefficient (Wildman–Crippen LogP) is 2.67. The van der Waals surface area contributed by atoms with E-state index in [1.807, 2.05) is 10.6 Å². The van der Waals surface area contributed by atoms with Gasteiger partial charge in [-0.05, 0) is 24.5 Å². The van der Waals surface area contributed by atoms with E-state index in [1.54, 1.807) is 12.1 Å². The summed E-state index contributed by atoms with van der Waals surface area (Å²) in [5.74, 6) is 2.04. The van der Waals surface area contributed by atoms with E-state index in [2.05, 4.69) is 17.1 Å². The Morgan fingerprint density at radius 1 is 1.29 bits per heavy atom. The van der Waals surface area contributed by atoms with Crippen LogP contribution >= 0.6 is 0 Å². The van der Waals surface area contributed by atoms with Gasteiger partial charge in [0, 0.05) is 13.0 Å². The Morgan fingerprint density at radius 2 is 2.12 bits per heavy atom. The highest BCUT2D eigenvalue weighted by Crippen LogP contribution is 2.26. The molecule has 0 fully saturated rings. The van der Waals surface area contributed by atoms with Gasteiger partial charge in [-0.3, -0.25) is 0 Å². The minimum atomic E-state index is -0.235. The molecule has 1 aliphatic heterocycles. The summed E-state index contributed by atoms with van der Waals surface area (Å²) in [5, 5.41) is 8.31. The van der Waals surface area contributed by atoms with E-state index in [4.69, 9.17) is 0 Å². The van der Waals surface area contributed by atoms with Crippen molar-refractivity contribution in [3.63, 3.8) is 0 Å². The van der Waals surface area contributed by atoms with Crippen molar-refractivity contribution >= 4 is 0 Å². The van der Waals surface area contributed by atoms with Gasteiger partial charge in [0.2, 0.25) is 0 Å². The van der Waals surface area contributed by atoms with E-state index in [9.17, 15) is 4.39 Å². The van der Waals surface area contributed by atoms with Crippen molar-refractivity contribution in [2.45, 2.75) is 26.3 Å². The van der Waals surface area contributed by atoms with Crippen LogP contribution in [-0.4, -0.2) is 14.8 Å². The molecule has 0 saturated heterocycles. The molecular weight excluding hydrogens is 217 g/mol. The fraction of sp³-hybridized carbons (Fsp3) is 0.385. The number of hydrogen-bond donors (Lipinski definition) is 0. The lowest BCUT2D eigenvalue weighted by atomic mass is 10.00. The molecule has 1 aromatic carbocycles. The molecule has 0 radical (unpaired) electrons. The second kappa shape index (κ2) is 3.95. The van der Waals surface area contributed by atoms with Crippen LogP contribution in [-0.2, 0) is 13.0 Å². The molecule has 3 nitrogen and oxygen atoms in total. The first-order chi connectivity index (χ1) is 8.25. The Morgan fingerprint density at radius 3 is 2.94 bits per heavy atom. The molecule has 1 aliphatic rings. The van der Waals surface area contributed by atoms with Crippen LogP contribution in [0.5, 0.6) is 0 Å². The molecule has 1 aromatic heterocycles. The molecule has 1 unspecified atom stereocenters. The summed E-state index contributed by atoms with van der Waals surface area (Å²) in [6.07, 6.45) is 2.04. The number of hydrogen-bond acceptors (Lipinski definition) is 2. The predicted molar refractivity (Wildman–Crippen MR) is 62.9 cm³/mol. The average Bonchev–Trinajstić information content (AvgIpc) is 2.72. The van der Waals surface area contributed by atoms with Crippen molar-refractivity contribution in [3.8, 4) is 11.4 Å². The van der Waals surface area contributed by atoms with Crippen LogP contribution in [0, 0.1) is 11.7 Å². The van der Waals surface area contributed by atoms with Crippen LogP contribution < -0.4 is 0 Å². The van der Waals surface area contributed by atoms with Crippen LogP contribution in [0.3, 0.4) is 0 Å². The molecule has 17 heavy (non-hydrogen) atoms. The maximum atomic E-state index is 13.7. The van der Waals surface area contributed by atoms with Gasteiger partial charge in [0.1, 0.15) is 11.6 Å². The standard InChI is InChI=1S/C13H14FN3/c1-9-6-7-17-12(8-9)15-16-13(17)10-4-2-3-5-11(10)14/h2-5,9H,6-8H2,1H3. The van der Waals surface area contributed by atoms with Gasteiger partial charge < -0.3 is 4.57 Å².